The van der Waals surface area contributed by atoms with Gasteiger partial charge in [-0.15, -0.1) is 11.8 Å². The minimum Gasteiger partial charge on any atom is -0.303 e. The van der Waals surface area contributed by atoms with Crippen LogP contribution in [0, 0.1) is 0 Å². The summed E-state index contributed by atoms with van der Waals surface area (Å²) in [5.74, 6) is 0. The summed E-state index contributed by atoms with van der Waals surface area (Å²) in [6.07, 6.45) is 0. The number of hydrogen-bond donors (Lipinski definition) is 2. The lowest BCUT2D eigenvalue weighted by Gasteiger charge is -2.13. The minimum atomic E-state index is -5.24. The molecule has 1 rings (SSSR count). The zero-order chi connectivity index (χ0) is 11.0. The number of sulfonamides is 1. The lowest BCUT2D eigenvalue weighted by atomic mass is 10.6. The van der Waals surface area contributed by atoms with Gasteiger partial charge in [-0.2, -0.15) is 17.9 Å². The van der Waals surface area contributed by atoms with Crippen molar-refractivity contribution in [3.8, 4) is 0 Å². The smallest absolute Gasteiger partial charge is 0.303 e. The molecule has 1 saturated heterocycles. The number of halogens is 3. The normalized spacial score (nSPS) is 29.4. The molecule has 1 aliphatic rings. The quantitative estimate of drug-likeness (QED) is 0.746. The number of rotatable bonds is 2. The molecule has 9 heteroatoms. The van der Waals surface area contributed by atoms with Crippen LogP contribution in [0.3, 0.4) is 0 Å². The molecule has 1 heterocycles. The van der Waals surface area contributed by atoms with Gasteiger partial charge in [-0.1, -0.05) is 0 Å². The van der Waals surface area contributed by atoms with Crippen molar-refractivity contribution in [1.82, 2.24) is 10.0 Å². The lowest BCUT2D eigenvalue weighted by Crippen LogP contribution is -2.42. The van der Waals surface area contributed by atoms with Gasteiger partial charge >= 0.3 is 15.5 Å². The fourth-order valence-electron chi connectivity index (χ4n) is 0.925. The van der Waals surface area contributed by atoms with Gasteiger partial charge in [0.15, 0.2) is 0 Å². The third-order valence-corrected chi connectivity index (χ3v) is 4.09. The van der Waals surface area contributed by atoms with Gasteiger partial charge < -0.3 is 5.32 Å². The fraction of sp³-hybridized carbons (Fsp3) is 1.00. The van der Waals surface area contributed by atoms with Crippen molar-refractivity contribution < 1.29 is 21.6 Å². The highest BCUT2D eigenvalue weighted by molar-refractivity contribution is 8.01. The summed E-state index contributed by atoms with van der Waals surface area (Å²) in [6, 6.07) is 0. The molecule has 0 amide bonds. The maximum atomic E-state index is 11.9. The van der Waals surface area contributed by atoms with Crippen LogP contribution in [0.25, 0.3) is 0 Å². The van der Waals surface area contributed by atoms with Crippen molar-refractivity contribution in [3.05, 3.63) is 0 Å². The SMILES string of the molecule is C[C@H]1NC[C@H](NS(=O)(=O)C(F)(F)F)S1. The molecule has 0 spiro atoms. The van der Waals surface area contributed by atoms with Gasteiger partial charge in [-0.25, -0.2) is 8.42 Å². The number of thioether (sulfide) groups is 1. The molecule has 2 N–H and O–H groups in total. The van der Waals surface area contributed by atoms with Gasteiger partial charge in [-0.05, 0) is 6.92 Å². The second kappa shape index (κ2) is 3.87. The summed E-state index contributed by atoms with van der Waals surface area (Å²) in [7, 11) is -5.22. The Morgan fingerprint density at radius 3 is 2.43 bits per heavy atom. The highest BCUT2D eigenvalue weighted by Gasteiger charge is 2.47. The van der Waals surface area contributed by atoms with Crippen molar-refractivity contribution in [2.45, 2.75) is 23.2 Å². The lowest BCUT2D eigenvalue weighted by molar-refractivity contribution is -0.0448. The molecule has 1 fully saturated rings. The molecule has 0 aromatic heterocycles. The fourth-order valence-corrected chi connectivity index (χ4v) is 2.97. The van der Waals surface area contributed by atoms with E-state index in [4.69, 9.17) is 0 Å². The van der Waals surface area contributed by atoms with Crippen LogP contribution in [-0.2, 0) is 10.0 Å². The Hall–Kier alpha value is 0.01000. The molecule has 1 aliphatic heterocycles. The molecule has 2 atom stereocenters. The summed E-state index contributed by atoms with van der Waals surface area (Å²) in [5.41, 5.74) is -5.24. The third-order valence-electron chi connectivity index (χ3n) is 1.55. The Labute approximate surface area is 83.7 Å². The summed E-state index contributed by atoms with van der Waals surface area (Å²) in [6.45, 7) is 1.94. The Balaban J connectivity index is 2.61. The molecule has 0 unspecified atom stereocenters. The zero-order valence-corrected chi connectivity index (χ0v) is 8.76. The first-order valence-corrected chi connectivity index (χ1v) is 6.12. The predicted octanol–water partition coefficient (Wildman–Crippen LogP) is 0.434. The van der Waals surface area contributed by atoms with Crippen LogP contribution in [0.1, 0.15) is 6.92 Å². The van der Waals surface area contributed by atoms with Crippen LogP contribution < -0.4 is 10.0 Å². The van der Waals surface area contributed by atoms with Crippen molar-refractivity contribution in [1.29, 1.82) is 0 Å². The molecule has 0 saturated carbocycles. The van der Waals surface area contributed by atoms with Gasteiger partial charge in [0.2, 0.25) is 0 Å². The molecule has 0 aromatic rings. The predicted molar refractivity (Wildman–Crippen MR) is 47.0 cm³/mol. The van der Waals surface area contributed by atoms with E-state index < -0.39 is 20.9 Å². The second-order valence-corrected chi connectivity index (χ2v) is 6.00. The van der Waals surface area contributed by atoms with Gasteiger partial charge in [0.05, 0.1) is 10.7 Å². The summed E-state index contributed by atoms with van der Waals surface area (Å²) < 4.78 is 58.6. The monoisotopic (exact) mass is 250 g/mol. The number of nitrogens with one attached hydrogen (secondary N) is 2. The average molecular weight is 250 g/mol. The van der Waals surface area contributed by atoms with Crippen molar-refractivity contribution >= 4 is 21.8 Å². The summed E-state index contributed by atoms with van der Waals surface area (Å²) in [5, 5.41) is 2.01. The van der Waals surface area contributed by atoms with Crippen LogP contribution in [0.15, 0.2) is 0 Å². The highest BCUT2D eigenvalue weighted by Crippen LogP contribution is 2.26. The van der Waals surface area contributed by atoms with E-state index in [-0.39, 0.29) is 11.9 Å². The Morgan fingerprint density at radius 2 is 2.07 bits per heavy atom. The molecule has 4 nitrogen and oxygen atoms in total. The Morgan fingerprint density at radius 1 is 1.50 bits per heavy atom. The van der Waals surface area contributed by atoms with E-state index in [1.54, 1.807) is 11.6 Å². The van der Waals surface area contributed by atoms with E-state index in [0.717, 1.165) is 11.8 Å². The van der Waals surface area contributed by atoms with Gasteiger partial charge in [-0.3, -0.25) is 0 Å². The molecule has 0 radical (unpaired) electrons. The van der Waals surface area contributed by atoms with E-state index in [0.29, 0.717) is 0 Å². The average Bonchev–Trinajstić information content (AvgIpc) is 2.31. The van der Waals surface area contributed by atoms with Gasteiger partial charge in [0.1, 0.15) is 0 Å². The molecule has 0 aliphatic carbocycles. The first-order valence-electron chi connectivity index (χ1n) is 3.70. The van der Waals surface area contributed by atoms with Crippen LogP contribution >= 0.6 is 11.8 Å². The first-order chi connectivity index (χ1) is 6.22. The van der Waals surface area contributed by atoms with E-state index in [1.807, 2.05) is 0 Å². The zero-order valence-electron chi connectivity index (χ0n) is 7.13. The van der Waals surface area contributed by atoms with Crippen LogP contribution in [0.4, 0.5) is 13.2 Å². The summed E-state index contributed by atoms with van der Waals surface area (Å²) in [4.78, 5) is 0. The van der Waals surface area contributed by atoms with Gasteiger partial charge in [0, 0.05) is 6.54 Å². The number of hydrogen-bond acceptors (Lipinski definition) is 4. The van der Waals surface area contributed by atoms with Gasteiger partial charge in [0.25, 0.3) is 0 Å². The van der Waals surface area contributed by atoms with E-state index in [9.17, 15) is 21.6 Å². The maximum Gasteiger partial charge on any atom is 0.511 e. The topological polar surface area (TPSA) is 58.2 Å². The molecule has 0 bridgehead atoms. The van der Waals surface area contributed by atoms with Crippen LogP contribution in [0.5, 0.6) is 0 Å². The van der Waals surface area contributed by atoms with E-state index >= 15 is 0 Å². The molecular formula is C5H9F3N2O2S2. The Bertz CT molecular complexity index is 303. The first kappa shape index (κ1) is 12.1. The molecule has 0 aromatic carbocycles. The molecule has 14 heavy (non-hydrogen) atoms. The van der Waals surface area contributed by atoms with E-state index in [2.05, 4.69) is 5.32 Å². The second-order valence-electron chi connectivity index (χ2n) is 2.74. The van der Waals surface area contributed by atoms with Crippen molar-refractivity contribution in [3.63, 3.8) is 0 Å². The van der Waals surface area contributed by atoms with Crippen LogP contribution in [-0.4, -0.2) is 31.2 Å². The minimum absolute atomic E-state index is 0.0454. The van der Waals surface area contributed by atoms with Crippen molar-refractivity contribution in [2.24, 2.45) is 0 Å². The standard InChI is InChI=1S/C5H9F3N2O2S2/c1-3-9-2-4(13-3)10-14(11,12)5(6,7)8/h3-4,9-10H,2H2,1H3/t3-,4+/m0/s1. The van der Waals surface area contributed by atoms with Crippen LogP contribution in [0.2, 0.25) is 0 Å². The Kier molecular flexibility index (Phi) is 3.34. The number of alkyl halides is 3. The van der Waals surface area contributed by atoms with Crippen molar-refractivity contribution in [2.75, 3.05) is 6.54 Å². The molecule has 84 valence electrons. The van der Waals surface area contributed by atoms with E-state index in [1.165, 1.54) is 0 Å². The third kappa shape index (κ3) is 2.75. The summed E-state index contributed by atoms with van der Waals surface area (Å²) >= 11 is 1.11. The largest absolute Gasteiger partial charge is 0.511 e. The maximum absolute atomic E-state index is 11.9. The molecular weight excluding hydrogens is 241 g/mol. The highest BCUT2D eigenvalue weighted by atomic mass is 32.2.